The molecule has 7 N–H and O–H groups in total. The number of carboxylic acid groups (broad SMARTS) is 1. The minimum Gasteiger partial charge on any atom is -0.480 e. The molecule has 1 heterocycles. The van der Waals surface area contributed by atoms with Crippen LogP contribution < -0.4 is 27.0 Å². The molecule has 1 aliphatic rings. The predicted molar refractivity (Wildman–Crippen MR) is 126 cm³/mol. The van der Waals surface area contributed by atoms with Gasteiger partial charge in [-0.05, 0) is 50.8 Å². The monoisotopic (exact) mass is 483 g/mol. The highest BCUT2D eigenvalue weighted by molar-refractivity contribution is 5.92. The number of rotatable bonds is 13. The van der Waals surface area contributed by atoms with Crippen LogP contribution in [0, 0.1) is 0 Å². The molecular formula is C22H34ClN5O5. The lowest BCUT2D eigenvalue weighted by atomic mass is 10.0. The molecule has 2 rings (SSSR count). The number of hydrogen-bond acceptors (Lipinski definition) is 6. The number of carboxylic acids is 1. The lowest BCUT2D eigenvalue weighted by Gasteiger charge is -2.21. The second-order valence-corrected chi connectivity index (χ2v) is 7.86. The van der Waals surface area contributed by atoms with E-state index >= 15 is 0 Å². The molecule has 1 aliphatic heterocycles. The molecule has 1 aromatic rings. The summed E-state index contributed by atoms with van der Waals surface area (Å²) in [7, 11) is 0. The van der Waals surface area contributed by atoms with Gasteiger partial charge in [0.2, 0.25) is 17.7 Å². The summed E-state index contributed by atoms with van der Waals surface area (Å²) in [5.41, 5.74) is 6.28. The summed E-state index contributed by atoms with van der Waals surface area (Å²) < 4.78 is 0. The highest BCUT2D eigenvalue weighted by Crippen LogP contribution is 2.08. The number of nitrogens with two attached hydrogens (primary N) is 1. The number of halogens is 1. The standard InChI is InChI=1S/C22H33N5O5.ClH/c23-11-5-4-9-17(22(31)32)26-19(28)14-25-20(29)18(13-15-7-2-1-3-8-15)27-21(30)16-10-6-12-24-16;/h1-3,7-8,16-18,24H,4-6,9-14,23H2,(H,25,29)(H,26,28)(H,27,30)(H,31,32);1H/t16-,17-,18-;/m0./s1. The first-order valence-corrected chi connectivity index (χ1v) is 11.0. The van der Waals surface area contributed by atoms with Crippen LogP contribution >= 0.6 is 12.4 Å². The fourth-order valence-corrected chi connectivity index (χ4v) is 3.53. The van der Waals surface area contributed by atoms with E-state index in [9.17, 15) is 24.3 Å². The van der Waals surface area contributed by atoms with Crippen molar-refractivity contribution < 1.29 is 24.3 Å². The lowest BCUT2D eigenvalue weighted by molar-refractivity contribution is -0.142. The smallest absolute Gasteiger partial charge is 0.326 e. The zero-order valence-corrected chi connectivity index (χ0v) is 19.4. The Labute approximate surface area is 199 Å². The molecular weight excluding hydrogens is 450 g/mol. The van der Waals surface area contributed by atoms with Gasteiger partial charge in [0.1, 0.15) is 12.1 Å². The van der Waals surface area contributed by atoms with Gasteiger partial charge in [0, 0.05) is 6.42 Å². The van der Waals surface area contributed by atoms with Crippen LogP contribution in [0.3, 0.4) is 0 Å². The molecule has 33 heavy (non-hydrogen) atoms. The van der Waals surface area contributed by atoms with Crippen LogP contribution in [0.2, 0.25) is 0 Å². The second kappa shape index (κ2) is 15.2. The van der Waals surface area contributed by atoms with Gasteiger partial charge in [0.05, 0.1) is 12.6 Å². The Bertz CT molecular complexity index is 774. The summed E-state index contributed by atoms with van der Waals surface area (Å²) >= 11 is 0. The van der Waals surface area contributed by atoms with Crippen LogP contribution in [0.15, 0.2) is 30.3 Å². The fraction of sp³-hybridized carbons (Fsp3) is 0.545. The number of hydrogen-bond donors (Lipinski definition) is 6. The van der Waals surface area contributed by atoms with Crippen LogP contribution in [0.4, 0.5) is 0 Å². The second-order valence-electron chi connectivity index (χ2n) is 7.86. The zero-order chi connectivity index (χ0) is 23.3. The van der Waals surface area contributed by atoms with E-state index in [1.54, 1.807) is 0 Å². The number of nitrogens with one attached hydrogen (secondary N) is 4. The molecule has 0 unspecified atom stereocenters. The molecule has 10 nitrogen and oxygen atoms in total. The quantitative estimate of drug-likeness (QED) is 0.210. The van der Waals surface area contributed by atoms with Gasteiger partial charge < -0.3 is 32.1 Å². The average Bonchev–Trinajstić information content (AvgIpc) is 3.32. The highest BCUT2D eigenvalue weighted by Gasteiger charge is 2.28. The van der Waals surface area contributed by atoms with Crippen LogP contribution in [-0.4, -0.2) is 66.6 Å². The van der Waals surface area contributed by atoms with Crippen LogP contribution in [0.5, 0.6) is 0 Å². The molecule has 184 valence electrons. The number of amides is 3. The van der Waals surface area contributed by atoms with Gasteiger partial charge in [-0.15, -0.1) is 12.4 Å². The van der Waals surface area contributed by atoms with Crippen molar-refractivity contribution in [1.29, 1.82) is 0 Å². The van der Waals surface area contributed by atoms with E-state index in [-0.39, 0.29) is 43.7 Å². The van der Waals surface area contributed by atoms with Crippen LogP contribution in [0.1, 0.15) is 37.7 Å². The predicted octanol–water partition coefficient (Wildman–Crippen LogP) is -0.298. The zero-order valence-electron chi connectivity index (χ0n) is 18.5. The van der Waals surface area contributed by atoms with E-state index < -0.39 is 29.9 Å². The Morgan fingerprint density at radius 1 is 1.09 bits per heavy atom. The Morgan fingerprint density at radius 3 is 2.42 bits per heavy atom. The van der Waals surface area contributed by atoms with E-state index in [4.69, 9.17) is 5.73 Å². The summed E-state index contributed by atoms with van der Waals surface area (Å²) in [6.07, 6.45) is 3.35. The van der Waals surface area contributed by atoms with Crippen molar-refractivity contribution in [1.82, 2.24) is 21.3 Å². The molecule has 1 saturated heterocycles. The van der Waals surface area contributed by atoms with Gasteiger partial charge in [-0.3, -0.25) is 14.4 Å². The van der Waals surface area contributed by atoms with Gasteiger partial charge in [-0.2, -0.15) is 0 Å². The van der Waals surface area contributed by atoms with Crippen molar-refractivity contribution >= 4 is 36.1 Å². The molecule has 1 aromatic carbocycles. The summed E-state index contributed by atoms with van der Waals surface area (Å²) in [6, 6.07) is 7.01. The molecule has 0 radical (unpaired) electrons. The van der Waals surface area contributed by atoms with E-state index in [0.29, 0.717) is 25.8 Å². The largest absolute Gasteiger partial charge is 0.480 e. The van der Waals surface area contributed by atoms with E-state index in [1.807, 2.05) is 30.3 Å². The van der Waals surface area contributed by atoms with Crippen LogP contribution in [-0.2, 0) is 25.6 Å². The summed E-state index contributed by atoms with van der Waals surface area (Å²) in [6.45, 7) is 0.813. The highest BCUT2D eigenvalue weighted by atomic mass is 35.5. The fourth-order valence-electron chi connectivity index (χ4n) is 3.53. The molecule has 3 atom stereocenters. The molecule has 1 fully saturated rings. The Morgan fingerprint density at radius 2 is 1.82 bits per heavy atom. The van der Waals surface area contributed by atoms with Crippen LogP contribution in [0.25, 0.3) is 0 Å². The van der Waals surface area contributed by atoms with E-state index in [1.165, 1.54) is 0 Å². The number of unbranched alkanes of at least 4 members (excludes halogenated alkanes) is 1. The third kappa shape index (κ3) is 10.2. The topological polar surface area (TPSA) is 163 Å². The van der Waals surface area contributed by atoms with Gasteiger partial charge >= 0.3 is 5.97 Å². The number of benzene rings is 1. The van der Waals surface area contributed by atoms with Crippen molar-refractivity contribution in [3.63, 3.8) is 0 Å². The Kier molecular flexibility index (Phi) is 13.1. The van der Waals surface area contributed by atoms with Gasteiger partial charge in [0.15, 0.2) is 0 Å². The maximum Gasteiger partial charge on any atom is 0.326 e. The molecule has 0 aromatic heterocycles. The third-order valence-electron chi connectivity index (χ3n) is 5.30. The summed E-state index contributed by atoms with van der Waals surface area (Å²) in [5, 5.41) is 20.1. The Balaban J connectivity index is 0.00000544. The van der Waals surface area contributed by atoms with Crippen molar-refractivity contribution in [2.75, 3.05) is 19.6 Å². The first-order chi connectivity index (χ1) is 15.4. The maximum absolute atomic E-state index is 12.8. The normalized spacial score (nSPS) is 16.7. The maximum atomic E-state index is 12.8. The first kappa shape index (κ1) is 28.3. The molecule has 11 heteroatoms. The SMILES string of the molecule is Cl.NCCCC[C@H](NC(=O)CNC(=O)[C@H](Cc1ccccc1)NC(=O)[C@@H]1CCCN1)C(=O)O. The van der Waals surface area contributed by atoms with Crippen molar-refractivity contribution in [2.45, 2.75) is 56.7 Å². The van der Waals surface area contributed by atoms with E-state index in [2.05, 4.69) is 21.3 Å². The molecule has 0 aliphatic carbocycles. The van der Waals surface area contributed by atoms with Gasteiger partial charge in [-0.25, -0.2) is 4.79 Å². The minimum atomic E-state index is -1.14. The van der Waals surface area contributed by atoms with E-state index in [0.717, 1.165) is 18.5 Å². The third-order valence-corrected chi connectivity index (χ3v) is 5.30. The summed E-state index contributed by atoms with van der Waals surface area (Å²) in [4.78, 5) is 48.8. The Hall–Kier alpha value is -2.69. The van der Waals surface area contributed by atoms with Gasteiger partial charge in [-0.1, -0.05) is 30.3 Å². The van der Waals surface area contributed by atoms with Crippen molar-refractivity contribution in [3.05, 3.63) is 35.9 Å². The molecule has 0 bridgehead atoms. The first-order valence-electron chi connectivity index (χ1n) is 11.0. The minimum absolute atomic E-state index is 0. The number of carbonyl (C=O) groups is 4. The molecule has 3 amide bonds. The van der Waals surface area contributed by atoms with Crippen molar-refractivity contribution in [3.8, 4) is 0 Å². The lowest BCUT2D eigenvalue weighted by Crippen LogP contribution is -2.54. The average molecular weight is 484 g/mol. The summed E-state index contributed by atoms with van der Waals surface area (Å²) in [5.74, 6) is -2.51. The van der Waals surface area contributed by atoms with Crippen molar-refractivity contribution in [2.24, 2.45) is 5.73 Å². The number of aliphatic carboxylic acids is 1. The van der Waals surface area contributed by atoms with Gasteiger partial charge in [0.25, 0.3) is 0 Å². The number of carbonyl (C=O) groups excluding carboxylic acids is 3. The molecule has 0 saturated carbocycles. The molecule has 0 spiro atoms.